The molecule has 0 aliphatic heterocycles. The minimum absolute atomic E-state index is 0.0835. The average Bonchev–Trinajstić information content (AvgIpc) is 2.87. The molecule has 1 aromatic heterocycles. The second-order valence-corrected chi connectivity index (χ2v) is 4.55. The van der Waals surface area contributed by atoms with Gasteiger partial charge in [0.25, 0.3) is 0 Å². The van der Waals surface area contributed by atoms with Gasteiger partial charge in [0, 0.05) is 12.1 Å². The fourth-order valence-corrected chi connectivity index (χ4v) is 1.72. The number of nitrogens with zero attached hydrogens (tertiary/aromatic N) is 2. The van der Waals surface area contributed by atoms with E-state index in [1.54, 1.807) is 37.3 Å². The smallest absolute Gasteiger partial charge is 0.468 e. The fraction of sp³-hybridized carbons (Fsp3) is 0.200. The SMILES string of the molecule is CCCN(OC(=O)c1ccccc1)C(=O)On1c(O)ccc1O. The second kappa shape index (κ2) is 7.21. The van der Waals surface area contributed by atoms with Crippen LogP contribution in [-0.4, -0.2) is 38.6 Å². The maximum Gasteiger partial charge on any atom is 0.468 e. The molecule has 2 aromatic rings. The lowest BCUT2D eigenvalue weighted by Crippen LogP contribution is -2.39. The molecule has 0 radical (unpaired) electrons. The predicted octanol–water partition coefficient (Wildman–Crippen LogP) is 1.93. The van der Waals surface area contributed by atoms with Gasteiger partial charge in [-0.15, -0.1) is 9.79 Å². The number of hydroxylamine groups is 2. The Kier molecular flexibility index (Phi) is 5.08. The molecule has 0 saturated carbocycles. The molecule has 2 rings (SSSR count). The van der Waals surface area contributed by atoms with Gasteiger partial charge in [0.2, 0.25) is 11.8 Å². The Morgan fingerprint density at radius 2 is 1.70 bits per heavy atom. The molecule has 1 heterocycles. The van der Waals surface area contributed by atoms with Crippen molar-refractivity contribution in [1.82, 2.24) is 9.79 Å². The van der Waals surface area contributed by atoms with Gasteiger partial charge < -0.3 is 19.9 Å². The van der Waals surface area contributed by atoms with E-state index in [2.05, 4.69) is 0 Å². The lowest BCUT2D eigenvalue weighted by atomic mass is 10.2. The van der Waals surface area contributed by atoms with Gasteiger partial charge in [-0.2, -0.15) is 0 Å². The van der Waals surface area contributed by atoms with Crippen molar-refractivity contribution in [3.63, 3.8) is 0 Å². The maximum absolute atomic E-state index is 12.1. The van der Waals surface area contributed by atoms with E-state index in [0.29, 0.717) is 16.2 Å². The van der Waals surface area contributed by atoms with Gasteiger partial charge in [0.15, 0.2) is 0 Å². The lowest BCUT2D eigenvalue weighted by Gasteiger charge is -2.20. The van der Waals surface area contributed by atoms with Crippen LogP contribution < -0.4 is 4.84 Å². The number of hydrogen-bond donors (Lipinski definition) is 2. The molecule has 0 aliphatic carbocycles. The lowest BCUT2D eigenvalue weighted by molar-refractivity contribution is -0.0961. The van der Waals surface area contributed by atoms with Crippen molar-refractivity contribution in [3.8, 4) is 11.8 Å². The van der Waals surface area contributed by atoms with Gasteiger partial charge in [-0.25, -0.2) is 9.59 Å². The maximum atomic E-state index is 12.1. The Morgan fingerprint density at radius 1 is 1.09 bits per heavy atom. The summed E-state index contributed by atoms with van der Waals surface area (Å²) in [5.74, 6) is -1.67. The molecule has 0 saturated heterocycles. The number of aromatic hydroxyl groups is 2. The summed E-state index contributed by atoms with van der Waals surface area (Å²) < 4.78 is 0.515. The number of amides is 1. The largest absolute Gasteiger partial charge is 0.492 e. The number of aromatic nitrogens is 1. The van der Waals surface area contributed by atoms with Crippen molar-refractivity contribution in [3.05, 3.63) is 48.0 Å². The first-order valence-corrected chi connectivity index (χ1v) is 6.89. The Morgan fingerprint density at radius 3 is 2.26 bits per heavy atom. The highest BCUT2D eigenvalue weighted by atomic mass is 16.8. The van der Waals surface area contributed by atoms with Crippen LogP contribution in [0.5, 0.6) is 11.8 Å². The van der Waals surface area contributed by atoms with Crippen LogP contribution in [0.15, 0.2) is 42.5 Å². The van der Waals surface area contributed by atoms with E-state index in [-0.39, 0.29) is 12.1 Å². The van der Waals surface area contributed by atoms with E-state index in [1.807, 2.05) is 0 Å². The highest BCUT2D eigenvalue weighted by molar-refractivity contribution is 5.89. The number of hydrogen-bond acceptors (Lipinski definition) is 6. The monoisotopic (exact) mass is 320 g/mol. The van der Waals surface area contributed by atoms with E-state index in [0.717, 1.165) is 12.1 Å². The van der Waals surface area contributed by atoms with Gasteiger partial charge in [0.05, 0.1) is 12.1 Å². The number of carbonyl (C=O) groups is 2. The fourth-order valence-electron chi connectivity index (χ4n) is 1.72. The minimum atomic E-state index is -1.06. The Labute approximate surface area is 132 Å². The highest BCUT2D eigenvalue weighted by Gasteiger charge is 2.23. The summed E-state index contributed by atoms with van der Waals surface area (Å²) in [6.45, 7) is 1.86. The van der Waals surface area contributed by atoms with Crippen LogP contribution in [0.25, 0.3) is 0 Å². The summed E-state index contributed by atoms with van der Waals surface area (Å²) in [5, 5.41) is 19.6. The van der Waals surface area contributed by atoms with Crippen LogP contribution in [0.2, 0.25) is 0 Å². The molecule has 0 aliphatic rings. The Bertz CT molecular complexity index is 663. The number of rotatable bonds is 4. The first kappa shape index (κ1) is 16.2. The van der Waals surface area contributed by atoms with Crippen molar-refractivity contribution in [2.75, 3.05) is 6.54 Å². The molecule has 1 aromatic carbocycles. The number of benzene rings is 1. The van der Waals surface area contributed by atoms with Crippen LogP contribution in [0, 0.1) is 0 Å². The summed E-state index contributed by atoms with van der Waals surface area (Å²) >= 11 is 0. The van der Waals surface area contributed by atoms with Crippen molar-refractivity contribution in [2.24, 2.45) is 0 Å². The topological polar surface area (TPSA) is 101 Å². The zero-order valence-corrected chi connectivity index (χ0v) is 12.4. The molecule has 0 unspecified atom stereocenters. The summed E-state index contributed by atoms with van der Waals surface area (Å²) in [6, 6.07) is 10.4. The van der Waals surface area contributed by atoms with Gasteiger partial charge in [0.1, 0.15) is 0 Å². The molecule has 122 valence electrons. The summed E-state index contributed by atoms with van der Waals surface area (Å²) in [4.78, 5) is 33.9. The molecule has 1 amide bonds. The van der Waals surface area contributed by atoms with E-state index in [9.17, 15) is 19.8 Å². The van der Waals surface area contributed by atoms with Crippen molar-refractivity contribution in [1.29, 1.82) is 0 Å². The summed E-state index contributed by atoms with van der Waals surface area (Å²) in [6.07, 6.45) is -0.557. The van der Waals surface area contributed by atoms with Crippen molar-refractivity contribution < 1.29 is 29.5 Å². The van der Waals surface area contributed by atoms with Crippen molar-refractivity contribution >= 4 is 12.1 Å². The molecule has 0 atom stereocenters. The third-order valence-corrected chi connectivity index (χ3v) is 2.80. The first-order valence-electron chi connectivity index (χ1n) is 6.89. The molecule has 2 N–H and O–H groups in total. The predicted molar refractivity (Wildman–Crippen MR) is 78.6 cm³/mol. The highest BCUT2D eigenvalue weighted by Crippen LogP contribution is 2.19. The summed E-state index contributed by atoms with van der Waals surface area (Å²) in [7, 11) is 0. The van der Waals surface area contributed by atoms with Gasteiger partial charge >= 0.3 is 12.1 Å². The van der Waals surface area contributed by atoms with E-state index in [4.69, 9.17) is 9.68 Å². The van der Waals surface area contributed by atoms with Crippen molar-refractivity contribution in [2.45, 2.75) is 13.3 Å². The Hall–Kier alpha value is -3.16. The van der Waals surface area contributed by atoms with Gasteiger partial charge in [-0.1, -0.05) is 25.1 Å². The molecule has 8 heteroatoms. The number of carbonyl (C=O) groups excluding carboxylic acids is 2. The Balaban J connectivity index is 2.08. The van der Waals surface area contributed by atoms with Crippen LogP contribution in [0.4, 0.5) is 4.79 Å². The van der Waals surface area contributed by atoms with Gasteiger partial charge in [-0.05, 0) is 18.6 Å². The van der Waals surface area contributed by atoms with Crippen LogP contribution in [0.1, 0.15) is 23.7 Å². The molecular formula is C15H16N2O6. The normalized spacial score (nSPS) is 10.1. The molecule has 0 bridgehead atoms. The standard InChI is InChI=1S/C15H16N2O6/c1-2-10-16(22-14(20)11-6-4-3-5-7-11)15(21)23-17-12(18)8-9-13(17)19/h3-9,18-19H,2,10H2,1H3. The van der Waals surface area contributed by atoms with Crippen LogP contribution in [-0.2, 0) is 4.84 Å². The zero-order chi connectivity index (χ0) is 16.8. The van der Waals surface area contributed by atoms with Crippen LogP contribution in [0.3, 0.4) is 0 Å². The van der Waals surface area contributed by atoms with E-state index >= 15 is 0 Å². The minimum Gasteiger partial charge on any atom is -0.492 e. The van der Waals surface area contributed by atoms with E-state index in [1.165, 1.54) is 0 Å². The average molecular weight is 320 g/mol. The molecular weight excluding hydrogens is 304 g/mol. The second-order valence-electron chi connectivity index (χ2n) is 4.55. The molecule has 23 heavy (non-hydrogen) atoms. The molecule has 0 spiro atoms. The third kappa shape index (κ3) is 3.94. The molecule has 0 fully saturated rings. The third-order valence-electron chi connectivity index (χ3n) is 2.80. The van der Waals surface area contributed by atoms with Gasteiger partial charge in [-0.3, -0.25) is 0 Å². The zero-order valence-electron chi connectivity index (χ0n) is 12.4. The first-order chi connectivity index (χ1) is 11.0. The quantitative estimate of drug-likeness (QED) is 0.835. The van der Waals surface area contributed by atoms with E-state index < -0.39 is 23.8 Å². The molecule has 8 nitrogen and oxygen atoms in total. The summed E-state index contributed by atoms with van der Waals surface area (Å²) in [5.41, 5.74) is 0.271. The van der Waals surface area contributed by atoms with Crippen LogP contribution >= 0.6 is 0 Å².